The van der Waals surface area contributed by atoms with E-state index in [1.165, 1.54) is 24.3 Å². The topological polar surface area (TPSA) is 78.5 Å². The highest BCUT2D eigenvalue weighted by atomic mass is 19.1. The summed E-state index contributed by atoms with van der Waals surface area (Å²) in [6.07, 6.45) is 2.74. The molecule has 1 heterocycles. The van der Waals surface area contributed by atoms with Crippen LogP contribution >= 0.6 is 0 Å². The molecule has 1 aliphatic heterocycles. The summed E-state index contributed by atoms with van der Waals surface area (Å²) in [7, 11) is 0. The second kappa shape index (κ2) is 9.00. The van der Waals surface area contributed by atoms with E-state index in [4.69, 9.17) is 0 Å². The van der Waals surface area contributed by atoms with E-state index in [-0.39, 0.29) is 30.7 Å². The summed E-state index contributed by atoms with van der Waals surface area (Å²) < 4.78 is 12.8. The summed E-state index contributed by atoms with van der Waals surface area (Å²) in [5.41, 5.74) is 0.367. The number of nitrogens with zero attached hydrogens (tertiary/aromatic N) is 1. The summed E-state index contributed by atoms with van der Waals surface area (Å²) in [4.78, 5) is 36.9. The molecule has 1 fully saturated rings. The monoisotopic (exact) mass is 335 g/mol. The van der Waals surface area contributed by atoms with Gasteiger partial charge in [-0.1, -0.05) is 0 Å². The number of benzene rings is 1. The van der Waals surface area contributed by atoms with Gasteiger partial charge in [0.15, 0.2) is 0 Å². The molecule has 0 bridgehead atoms. The van der Waals surface area contributed by atoms with Crippen LogP contribution in [0, 0.1) is 5.82 Å². The van der Waals surface area contributed by atoms with Crippen LogP contribution in [0.5, 0.6) is 0 Å². The number of hydrogen-bond acceptors (Lipinski definition) is 3. The van der Waals surface area contributed by atoms with E-state index in [0.717, 1.165) is 19.4 Å². The second-order valence-electron chi connectivity index (χ2n) is 5.70. The Morgan fingerprint density at radius 3 is 2.50 bits per heavy atom. The predicted molar refractivity (Wildman–Crippen MR) is 86.8 cm³/mol. The number of piperidine rings is 1. The van der Waals surface area contributed by atoms with Gasteiger partial charge in [-0.05, 0) is 37.1 Å². The highest BCUT2D eigenvalue weighted by Gasteiger charge is 2.18. The minimum absolute atomic E-state index is 0.112. The molecular weight excluding hydrogens is 313 g/mol. The van der Waals surface area contributed by atoms with Gasteiger partial charge < -0.3 is 15.5 Å². The Balaban J connectivity index is 1.59. The molecule has 0 saturated carbocycles. The number of halogens is 1. The lowest BCUT2D eigenvalue weighted by Crippen LogP contribution is -2.39. The van der Waals surface area contributed by atoms with Crippen LogP contribution in [0.2, 0.25) is 0 Å². The number of hydrogen-bond donors (Lipinski definition) is 2. The van der Waals surface area contributed by atoms with E-state index in [9.17, 15) is 18.8 Å². The average molecular weight is 335 g/mol. The number of carbonyl (C=O) groups excluding carboxylic acids is 3. The van der Waals surface area contributed by atoms with E-state index in [0.29, 0.717) is 25.1 Å². The molecule has 0 atom stereocenters. The van der Waals surface area contributed by atoms with E-state index in [2.05, 4.69) is 10.6 Å². The van der Waals surface area contributed by atoms with E-state index < -0.39 is 5.82 Å². The van der Waals surface area contributed by atoms with Crippen molar-refractivity contribution in [3.63, 3.8) is 0 Å². The molecule has 0 spiro atoms. The first kappa shape index (κ1) is 17.9. The summed E-state index contributed by atoms with van der Waals surface area (Å²) in [6.45, 7) is 1.75. The molecule has 7 heteroatoms. The molecule has 3 amide bonds. The lowest BCUT2D eigenvalue weighted by atomic mass is 10.1. The molecule has 0 radical (unpaired) electrons. The van der Waals surface area contributed by atoms with Gasteiger partial charge in [0.2, 0.25) is 11.8 Å². The van der Waals surface area contributed by atoms with Crippen molar-refractivity contribution in [2.75, 3.05) is 26.2 Å². The SMILES string of the molecule is O=C(CCN1CCCCC1=O)NCCNC(=O)c1ccc(F)cc1. The number of rotatable bonds is 7. The van der Waals surface area contributed by atoms with Gasteiger partial charge in [0.25, 0.3) is 5.91 Å². The first-order chi connectivity index (χ1) is 11.6. The predicted octanol–water partition coefficient (Wildman–Crippen LogP) is 1.07. The molecule has 6 nitrogen and oxygen atoms in total. The van der Waals surface area contributed by atoms with Gasteiger partial charge in [0.05, 0.1) is 0 Å². The van der Waals surface area contributed by atoms with Crippen LogP contribution in [0.15, 0.2) is 24.3 Å². The molecule has 1 saturated heterocycles. The van der Waals surface area contributed by atoms with Crippen LogP contribution in [-0.2, 0) is 9.59 Å². The summed E-state index contributed by atoms with van der Waals surface area (Å²) >= 11 is 0. The molecule has 1 aliphatic rings. The standard InChI is InChI=1S/C17H22FN3O3/c18-14-6-4-13(5-7-14)17(24)20-10-9-19-15(22)8-12-21-11-2-1-3-16(21)23/h4-7H,1-3,8-12H2,(H,19,22)(H,20,24). The molecule has 130 valence electrons. The number of likely N-dealkylation sites (tertiary alicyclic amines) is 1. The Hall–Kier alpha value is -2.44. The zero-order valence-electron chi connectivity index (χ0n) is 13.5. The Morgan fingerprint density at radius 1 is 1.08 bits per heavy atom. The zero-order valence-corrected chi connectivity index (χ0v) is 13.5. The fraction of sp³-hybridized carbons (Fsp3) is 0.471. The zero-order chi connectivity index (χ0) is 17.4. The molecule has 2 rings (SSSR count). The Bertz CT molecular complexity index is 589. The van der Waals surface area contributed by atoms with Crippen molar-refractivity contribution >= 4 is 17.7 Å². The quantitative estimate of drug-likeness (QED) is 0.732. The fourth-order valence-corrected chi connectivity index (χ4v) is 2.50. The summed E-state index contributed by atoms with van der Waals surface area (Å²) in [5.74, 6) is -0.751. The smallest absolute Gasteiger partial charge is 0.251 e. The van der Waals surface area contributed by atoms with E-state index >= 15 is 0 Å². The van der Waals surface area contributed by atoms with Crippen molar-refractivity contribution in [2.45, 2.75) is 25.7 Å². The van der Waals surface area contributed by atoms with Gasteiger partial charge in [0, 0.05) is 44.6 Å². The molecule has 1 aromatic rings. The van der Waals surface area contributed by atoms with E-state index in [1.807, 2.05) is 0 Å². The fourth-order valence-electron chi connectivity index (χ4n) is 2.50. The van der Waals surface area contributed by atoms with Crippen molar-refractivity contribution in [2.24, 2.45) is 0 Å². The van der Waals surface area contributed by atoms with Crippen LogP contribution in [0.4, 0.5) is 4.39 Å². The van der Waals surface area contributed by atoms with Crippen molar-refractivity contribution in [3.8, 4) is 0 Å². The number of amides is 3. The van der Waals surface area contributed by atoms with Gasteiger partial charge in [-0.15, -0.1) is 0 Å². The first-order valence-electron chi connectivity index (χ1n) is 8.14. The minimum atomic E-state index is -0.397. The summed E-state index contributed by atoms with van der Waals surface area (Å²) in [6, 6.07) is 5.24. The number of nitrogens with one attached hydrogen (secondary N) is 2. The van der Waals surface area contributed by atoms with Gasteiger partial charge in [-0.2, -0.15) is 0 Å². The first-order valence-corrected chi connectivity index (χ1v) is 8.14. The maximum absolute atomic E-state index is 12.8. The molecule has 0 aromatic heterocycles. The molecule has 0 aliphatic carbocycles. The maximum atomic E-state index is 12.8. The van der Waals surface area contributed by atoms with Crippen LogP contribution < -0.4 is 10.6 Å². The van der Waals surface area contributed by atoms with Crippen molar-refractivity contribution in [1.29, 1.82) is 0 Å². The molecule has 24 heavy (non-hydrogen) atoms. The third-order valence-corrected chi connectivity index (χ3v) is 3.87. The largest absolute Gasteiger partial charge is 0.354 e. The van der Waals surface area contributed by atoms with Crippen LogP contribution in [0.3, 0.4) is 0 Å². The van der Waals surface area contributed by atoms with Crippen molar-refractivity contribution in [1.82, 2.24) is 15.5 Å². The maximum Gasteiger partial charge on any atom is 0.251 e. The Kier molecular flexibility index (Phi) is 6.72. The van der Waals surface area contributed by atoms with Crippen LogP contribution in [-0.4, -0.2) is 48.8 Å². The van der Waals surface area contributed by atoms with Crippen LogP contribution in [0.1, 0.15) is 36.0 Å². The van der Waals surface area contributed by atoms with Gasteiger partial charge in [0.1, 0.15) is 5.82 Å². The molecule has 2 N–H and O–H groups in total. The van der Waals surface area contributed by atoms with E-state index in [1.54, 1.807) is 4.90 Å². The normalized spacial score (nSPS) is 14.4. The lowest BCUT2D eigenvalue weighted by Gasteiger charge is -2.26. The third kappa shape index (κ3) is 5.64. The molecule has 1 aromatic carbocycles. The van der Waals surface area contributed by atoms with Crippen molar-refractivity contribution in [3.05, 3.63) is 35.6 Å². The average Bonchev–Trinajstić information content (AvgIpc) is 2.58. The highest BCUT2D eigenvalue weighted by molar-refractivity contribution is 5.94. The highest BCUT2D eigenvalue weighted by Crippen LogP contribution is 2.10. The molecular formula is C17H22FN3O3. The molecule has 0 unspecified atom stereocenters. The van der Waals surface area contributed by atoms with Crippen molar-refractivity contribution < 1.29 is 18.8 Å². The Labute approximate surface area is 140 Å². The lowest BCUT2D eigenvalue weighted by molar-refractivity contribution is -0.133. The third-order valence-electron chi connectivity index (χ3n) is 3.87. The van der Waals surface area contributed by atoms with Gasteiger partial charge in [-0.25, -0.2) is 4.39 Å². The Morgan fingerprint density at radius 2 is 1.79 bits per heavy atom. The minimum Gasteiger partial charge on any atom is -0.354 e. The number of carbonyl (C=O) groups is 3. The van der Waals surface area contributed by atoms with Gasteiger partial charge in [-0.3, -0.25) is 14.4 Å². The second-order valence-corrected chi connectivity index (χ2v) is 5.70. The van der Waals surface area contributed by atoms with Crippen LogP contribution in [0.25, 0.3) is 0 Å². The summed E-state index contributed by atoms with van der Waals surface area (Å²) in [5, 5.41) is 5.35. The van der Waals surface area contributed by atoms with Gasteiger partial charge >= 0.3 is 0 Å².